The molecule has 21 heavy (non-hydrogen) atoms. The first kappa shape index (κ1) is 16.0. The Balaban J connectivity index is 2.18. The van der Waals surface area contributed by atoms with Crippen LogP contribution in [0.2, 0.25) is 0 Å². The highest BCUT2D eigenvalue weighted by Crippen LogP contribution is 2.27. The molecule has 0 saturated heterocycles. The summed E-state index contributed by atoms with van der Waals surface area (Å²) in [5.74, 6) is 0. The Morgan fingerprint density at radius 2 is 1.76 bits per heavy atom. The van der Waals surface area contributed by atoms with Crippen LogP contribution >= 0.6 is 15.9 Å². The summed E-state index contributed by atoms with van der Waals surface area (Å²) in [6.07, 6.45) is 0. The Morgan fingerprint density at radius 1 is 1.14 bits per heavy atom. The van der Waals surface area contributed by atoms with Crippen molar-refractivity contribution in [1.82, 2.24) is 0 Å². The molecule has 0 bridgehead atoms. The normalized spacial score (nSPS) is 13.0. The van der Waals surface area contributed by atoms with Crippen molar-refractivity contribution in [2.45, 2.75) is 24.8 Å². The SMILES string of the molecule is Cc1ccc(NC(C)c2ccc(S(N)(=O)=O)cc2)c(Br)c1. The molecule has 0 saturated carbocycles. The van der Waals surface area contributed by atoms with Gasteiger partial charge in [-0.3, -0.25) is 0 Å². The molecule has 0 aromatic heterocycles. The van der Waals surface area contributed by atoms with Crippen LogP contribution in [0, 0.1) is 6.92 Å². The molecule has 1 unspecified atom stereocenters. The lowest BCUT2D eigenvalue weighted by atomic mass is 10.1. The zero-order valence-corrected chi connectivity index (χ0v) is 14.2. The quantitative estimate of drug-likeness (QED) is 0.865. The van der Waals surface area contributed by atoms with Crippen molar-refractivity contribution in [3.63, 3.8) is 0 Å². The van der Waals surface area contributed by atoms with E-state index in [1.54, 1.807) is 12.1 Å². The van der Waals surface area contributed by atoms with Crippen LogP contribution in [0.15, 0.2) is 51.8 Å². The summed E-state index contributed by atoms with van der Waals surface area (Å²) < 4.78 is 23.5. The molecule has 0 aliphatic carbocycles. The van der Waals surface area contributed by atoms with Gasteiger partial charge >= 0.3 is 0 Å². The van der Waals surface area contributed by atoms with Crippen LogP contribution in [0.1, 0.15) is 24.1 Å². The maximum atomic E-state index is 11.2. The Kier molecular flexibility index (Phi) is 4.70. The third kappa shape index (κ3) is 4.06. The van der Waals surface area contributed by atoms with Crippen LogP contribution < -0.4 is 10.5 Å². The monoisotopic (exact) mass is 368 g/mol. The Morgan fingerprint density at radius 3 is 2.29 bits per heavy atom. The summed E-state index contributed by atoms with van der Waals surface area (Å²) in [6.45, 7) is 4.04. The highest BCUT2D eigenvalue weighted by Gasteiger charge is 2.11. The third-order valence-electron chi connectivity index (χ3n) is 3.21. The standard InChI is InChI=1S/C15H17BrN2O2S/c1-10-3-8-15(14(16)9-10)18-11(2)12-4-6-13(7-5-12)21(17,19)20/h3-9,11,18H,1-2H3,(H2,17,19,20). The number of nitrogens with one attached hydrogen (secondary N) is 1. The summed E-state index contributed by atoms with van der Waals surface area (Å²) in [7, 11) is -3.64. The van der Waals surface area contributed by atoms with Crippen molar-refractivity contribution in [3.05, 3.63) is 58.1 Å². The van der Waals surface area contributed by atoms with E-state index in [9.17, 15) is 8.42 Å². The molecule has 3 N–H and O–H groups in total. The number of hydrogen-bond acceptors (Lipinski definition) is 3. The second-order valence-electron chi connectivity index (χ2n) is 4.96. The molecule has 0 aliphatic rings. The molecule has 0 fully saturated rings. The van der Waals surface area contributed by atoms with Gasteiger partial charge in [-0.25, -0.2) is 13.6 Å². The summed E-state index contributed by atoms with van der Waals surface area (Å²) in [5.41, 5.74) is 3.15. The van der Waals surface area contributed by atoms with Crippen molar-refractivity contribution in [1.29, 1.82) is 0 Å². The lowest BCUT2D eigenvalue weighted by Crippen LogP contribution is -2.12. The van der Waals surface area contributed by atoms with Crippen LogP contribution in [0.4, 0.5) is 5.69 Å². The molecule has 6 heteroatoms. The minimum atomic E-state index is -3.64. The summed E-state index contributed by atoms with van der Waals surface area (Å²) in [5, 5.41) is 8.48. The highest BCUT2D eigenvalue weighted by atomic mass is 79.9. The molecule has 4 nitrogen and oxygen atoms in total. The van der Waals surface area contributed by atoms with Gasteiger partial charge < -0.3 is 5.32 Å². The van der Waals surface area contributed by atoms with Crippen LogP contribution in [-0.4, -0.2) is 8.42 Å². The van der Waals surface area contributed by atoms with Crippen LogP contribution in [0.3, 0.4) is 0 Å². The smallest absolute Gasteiger partial charge is 0.238 e. The molecule has 0 amide bonds. The Labute approximate surface area is 133 Å². The molecule has 0 heterocycles. The lowest BCUT2D eigenvalue weighted by Gasteiger charge is -2.17. The second kappa shape index (κ2) is 6.17. The third-order valence-corrected chi connectivity index (χ3v) is 4.79. The zero-order chi connectivity index (χ0) is 15.6. The van der Waals surface area contributed by atoms with Gasteiger partial charge in [0, 0.05) is 16.2 Å². The topological polar surface area (TPSA) is 72.2 Å². The summed E-state index contributed by atoms with van der Waals surface area (Å²) in [4.78, 5) is 0.120. The zero-order valence-electron chi connectivity index (χ0n) is 11.8. The van der Waals surface area contributed by atoms with Gasteiger partial charge in [0.15, 0.2) is 0 Å². The molecule has 112 valence electrons. The molecule has 1 atom stereocenters. The van der Waals surface area contributed by atoms with E-state index in [1.807, 2.05) is 32.0 Å². The van der Waals surface area contributed by atoms with Gasteiger partial charge in [-0.15, -0.1) is 0 Å². The van der Waals surface area contributed by atoms with E-state index in [1.165, 1.54) is 17.7 Å². The fourth-order valence-electron chi connectivity index (χ4n) is 2.00. The van der Waals surface area contributed by atoms with Crippen molar-refractivity contribution in [2.24, 2.45) is 5.14 Å². The van der Waals surface area contributed by atoms with E-state index in [0.29, 0.717) is 0 Å². The first-order chi connectivity index (χ1) is 9.77. The number of aryl methyl sites for hydroxylation is 1. The molecule has 0 radical (unpaired) electrons. The van der Waals surface area contributed by atoms with Gasteiger partial charge in [0.25, 0.3) is 0 Å². The van der Waals surface area contributed by atoms with Crippen molar-refractivity contribution in [3.8, 4) is 0 Å². The number of sulfonamides is 1. The molecule has 2 aromatic rings. The maximum absolute atomic E-state index is 11.2. The molecule has 0 spiro atoms. The van der Waals surface area contributed by atoms with Gasteiger partial charge in [-0.05, 0) is 65.2 Å². The lowest BCUT2D eigenvalue weighted by molar-refractivity contribution is 0.597. The van der Waals surface area contributed by atoms with E-state index in [-0.39, 0.29) is 10.9 Å². The largest absolute Gasteiger partial charge is 0.378 e. The molecule has 0 aliphatic heterocycles. The molecule has 2 aromatic carbocycles. The predicted octanol–water partition coefficient (Wildman–Crippen LogP) is 3.58. The van der Waals surface area contributed by atoms with Crippen LogP contribution in [0.25, 0.3) is 0 Å². The van der Waals surface area contributed by atoms with Gasteiger partial charge in [-0.2, -0.15) is 0 Å². The highest BCUT2D eigenvalue weighted by molar-refractivity contribution is 9.10. The Hall–Kier alpha value is -1.37. The summed E-state index contributed by atoms with van der Waals surface area (Å²) in [6, 6.07) is 12.7. The Bertz CT molecular complexity index is 743. The minimum absolute atomic E-state index is 0.0403. The van der Waals surface area contributed by atoms with E-state index >= 15 is 0 Å². The average Bonchev–Trinajstić information content (AvgIpc) is 2.41. The summed E-state index contributed by atoms with van der Waals surface area (Å²) >= 11 is 3.53. The van der Waals surface area contributed by atoms with Crippen molar-refractivity contribution < 1.29 is 8.42 Å². The van der Waals surface area contributed by atoms with Gasteiger partial charge in [-0.1, -0.05) is 18.2 Å². The van der Waals surface area contributed by atoms with E-state index in [4.69, 9.17) is 5.14 Å². The molecular formula is C15H17BrN2O2S. The predicted molar refractivity (Wildman–Crippen MR) is 88.7 cm³/mol. The second-order valence-corrected chi connectivity index (χ2v) is 7.38. The fourth-order valence-corrected chi connectivity index (χ4v) is 3.12. The maximum Gasteiger partial charge on any atom is 0.238 e. The molecular weight excluding hydrogens is 352 g/mol. The van der Waals surface area contributed by atoms with Crippen LogP contribution in [-0.2, 0) is 10.0 Å². The van der Waals surface area contributed by atoms with Crippen molar-refractivity contribution >= 4 is 31.6 Å². The number of halogens is 1. The number of hydrogen-bond donors (Lipinski definition) is 2. The first-order valence-corrected chi connectivity index (χ1v) is 8.77. The molecule has 2 rings (SSSR count). The number of anilines is 1. The van der Waals surface area contributed by atoms with Gasteiger partial charge in [0.05, 0.1) is 4.90 Å². The van der Waals surface area contributed by atoms with E-state index < -0.39 is 10.0 Å². The number of primary sulfonamides is 1. The van der Waals surface area contributed by atoms with Crippen molar-refractivity contribution in [2.75, 3.05) is 5.32 Å². The number of benzene rings is 2. The fraction of sp³-hybridized carbons (Fsp3) is 0.200. The first-order valence-electron chi connectivity index (χ1n) is 6.43. The van der Waals surface area contributed by atoms with E-state index in [2.05, 4.69) is 21.2 Å². The van der Waals surface area contributed by atoms with Crippen LogP contribution in [0.5, 0.6) is 0 Å². The average molecular weight is 369 g/mol. The number of nitrogens with two attached hydrogens (primary N) is 1. The van der Waals surface area contributed by atoms with Gasteiger partial charge in [0.2, 0.25) is 10.0 Å². The minimum Gasteiger partial charge on any atom is -0.378 e. The van der Waals surface area contributed by atoms with E-state index in [0.717, 1.165) is 15.7 Å². The number of rotatable bonds is 4. The van der Waals surface area contributed by atoms with Gasteiger partial charge in [0.1, 0.15) is 0 Å².